The summed E-state index contributed by atoms with van der Waals surface area (Å²) >= 11 is 11.8. The lowest BCUT2D eigenvalue weighted by atomic mass is 10.3. The van der Waals surface area contributed by atoms with Crippen LogP contribution in [-0.2, 0) is 0 Å². The lowest BCUT2D eigenvalue weighted by molar-refractivity contribution is 0.475. The van der Waals surface area contributed by atoms with Gasteiger partial charge in [0.05, 0.1) is 16.4 Å². The molecule has 0 aromatic heterocycles. The van der Waals surface area contributed by atoms with Gasteiger partial charge in [0.25, 0.3) is 0 Å². The molecule has 0 radical (unpaired) electrons. The van der Waals surface area contributed by atoms with E-state index in [0.717, 1.165) is 5.69 Å². The SMILES string of the molecule is Oc1ccc(NNc2ccccc2)c(Cl)c1Cl. The van der Waals surface area contributed by atoms with Crippen LogP contribution in [0.5, 0.6) is 5.75 Å². The highest BCUT2D eigenvalue weighted by atomic mass is 35.5. The Kier molecular flexibility index (Phi) is 3.61. The normalized spacial score (nSPS) is 10.0. The van der Waals surface area contributed by atoms with Gasteiger partial charge in [-0.15, -0.1) is 0 Å². The summed E-state index contributed by atoms with van der Waals surface area (Å²) in [6.07, 6.45) is 0. The summed E-state index contributed by atoms with van der Waals surface area (Å²) in [5.74, 6) is -0.0399. The van der Waals surface area contributed by atoms with Crippen molar-refractivity contribution >= 4 is 34.6 Å². The third-order valence-electron chi connectivity index (χ3n) is 2.18. The van der Waals surface area contributed by atoms with Crippen molar-refractivity contribution in [2.75, 3.05) is 10.9 Å². The molecule has 0 spiro atoms. The molecule has 0 fully saturated rings. The minimum Gasteiger partial charge on any atom is -0.506 e. The first-order valence-corrected chi connectivity index (χ1v) is 5.68. The number of anilines is 2. The van der Waals surface area contributed by atoms with Crippen LogP contribution < -0.4 is 10.9 Å². The maximum absolute atomic E-state index is 9.35. The van der Waals surface area contributed by atoms with Crippen molar-refractivity contribution in [3.8, 4) is 5.75 Å². The van der Waals surface area contributed by atoms with Crippen LogP contribution in [0.25, 0.3) is 0 Å². The highest BCUT2D eigenvalue weighted by Gasteiger charge is 2.08. The van der Waals surface area contributed by atoms with Gasteiger partial charge in [-0.1, -0.05) is 41.4 Å². The third kappa shape index (κ3) is 2.75. The van der Waals surface area contributed by atoms with E-state index in [1.165, 1.54) is 6.07 Å². The van der Waals surface area contributed by atoms with E-state index in [2.05, 4.69) is 10.9 Å². The number of hydrogen-bond acceptors (Lipinski definition) is 3. The summed E-state index contributed by atoms with van der Waals surface area (Å²) < 4.78 is 0. The zero-order valence-corrected chi connectivity index (χ0v) is 10.3. The number of hydrogen-bond donors (Lipinski definition) is 3. The minimum atomic E-state index is -0.0399. The van der Waals surface area contributed by atoms with Crippen molar-refractivity contribution in [2.24, 2.45) is 0 Å². The van der Waals surface area contributed by atoms with Crippen LogP contribution in [0, 0.1) is 0 Å². The summed E-state index contributed by atoms with van der Waals surface area (Å²) in [6, 6.07) is 12.7. The summed E-state index contributed by atoms with van der Waals surface area (Å²) in [5.41, 5.74) is 7.39. The number of rotatable bonds is 3. The van der Waals surface area contributed by atoms with Crippen molar-refractivity contribution in [1.29, 1.82) is 0 Å². The Morgan fingerprint density at radius 1 is 0.824 bits per heavy atom. The smallest absolute Gasteiger partial charge is 0.135 e. The highest BCUT2D eigenvalue weighted by molar-refractivity contribution is 6.44. The molecule has 5 heteroatoms. The van der Waals surface area contributed by atoms with Crippen molar-refractivity contribution in [2.45, 2.75) is 0 Å². The molecule has 0 saturated heterocycles. The topological polar surface area (TPSA) is 44.3 Å². The van der Waals surface area contributed by atoms with Crippen LogP contribution >= 0.6 is 23.2 Å². The molecule has 2 rings (SSSR count). The summed E-state index contributed by atoms with van der Waals surface area (Å²) in [6.45, 7) is 0. The Morgan fingerprint density at radius 3 is 2.24 bits per heavy atom. The van der Waals surface area contributed by atoms with Gasteiger partial charge in [-0.2, -0.15) is 0 Å². The standard InChI is InChI=1S/C12H10Cl2N2O/c13-11-9(6-7-10(17)12(11)14)16-15-8-4-2-1-3-5-8/h1-7,15-17H. The molecule has 0 amide bonds. The van der Waals surface area contributed by atoms with Crippen LogP contribution in [0.3, 0.4) is 0 Å². The number of phenols is 1. The first kappa shape index (κ1) is 11.9. The molecule has 3 N–H and O–H groups in total. The predicted molar refractivity (Wildman–Crippen MR) is 71.8 cm³/mol. The minimum absolute atomic E-state index is 0.0399. The fourth-order valence-electron chi connectivity index (χ4n) is 1.30. The first-order valence-electron chi connectivity index (χ1n) is 4.92. The van der Waals surface area contributed by atoms with Gasteiger partial charge in [-0.05, 0) is 24.3 Å². The van der Waals surface area contributed by atoms with Gasteiger partial charge in [0.2, 0.25) is 0 Å². The monoisotopic (exact) mass is 268 g/mol. The van der Waals surface area contributed by atoms with Crippen molar-refractivity contribution in [3.63, 3.8) is 0 Å². The van der Waals surface area contributed by atoms with Crippen molar-refractivity contribution < 1.29 is 5.11 Å². The fraction of sp³-hybridized carbons (Fsp3) is 0. The Labute approximate surface area is 109 Å². The Morgan fingerprint density at radius 2 is 1.53 bits per heavy atom. The number of benzene rings is 2. The molecular formula is C12H10Cl2N2O. The Balaban J connectivity index is 2.13. The second-order valence-corrected chi connectivity index (χ2v) is 4.13. The molecule has 2 aromatic rings. The van der Waals surface area contributed by atoms with E-state index in [1.807, 2.05) is 30.3 Å². The molecule has 2 aromatic carbocycles. The summed E-state index contributed by atoms with van der Waals surface area (Å²) in [4.78, 5) is 0. The van der Waals surface area contributed by atoms with Crippen LogP contribution in [0.15, 0.2) is 42.5 Å². The quantitative estimate of drug-likeness (QED) is 0.579. The van der Waals surface area contributed by atoms with E-state index in [1.54, 1.807) is 6.07 Å². The maximum atomic E-state index is 9.35. The van der Waals surface area contributed by atoms with Gasteiger partial charge >= 0.3 is 0 Å². The Bertz CT molecular complexity index is 517. The number of nitrogens with one attached hydrogen (secondary N) is 2. The van der Waals surface area contributed by atoms with Crippen LogP contribution in [-0.4, -0.2) is 5.11 Å². The van der Waals surface area contributed by atoms with E-state index in [-0.39, 0.29) is 15.8 Å². The molecule has 0 saturated carbocycles. The van der Waals surface area contributed by atoms with Gasteiger partial charge in [0.1, 0.15) is 10.8 Å². The third-order valence-corrected chi connectivity index (χ3v) is 3.05. The molecule has 0 bridgehead atoms. The molecular weight excluding hydrogens is 259 g/mol. The lowest BCUT2D eigenvalue weighted by Gasteiger charge is -2.12. The highest BCUT2D eigenvalue weighted by Crippen LogP contribution is 2.36. The van der Waals surface area contributed by atoms with Crippen molar-refractivity contribution in [3.05, 3.63) is 52.5 Å². The number of aromatic hydroxyl groups is 1. The molecule has 0 atom stereocenters. The van der Waals surface area contributed by atoms with Gasteiger partial charge in [-0.3, -0.25) is 5.43 Å². The van der Waals surface area contributed by atoms with Crippen LogP contribution in [0.1, 0.15) is 0 Å². The number of halogens is 2. The van der Waals surface area contributed by atoms with Gasteiger partial charge in [0, 0.05) is 0 Å². The van der Waals surface area contributed by atoms with E-state index in [0.29, 0.717) is 5.69 Å². The summed E-state index contributed by atoms with van der Waals surface area (Å²) in [5, 5.41) is 9.75. The van der Waals surface area contributed by atoms with Gasteiger partial charge in [-0.25, -0.2) is 0 Å². The van der Waals surface area contributed by atoms with Gasteiger partial charge < -0.3 is 10.5 Å². The number of para-hydroxylation sites is 1. The molecule has 0 heterocycles. The second kappa shape index (κ2) is 5.17. The van der Waals surface area contributed by atoms with Crippen molar-refractivity contribution in [1.82, 2.24) is 0 Å². The molecule has 0 aliphatic rings. The first-order chi connectivity index (χ1) is 8.18. The molecule has 0 aliphatic heterocycles. The Hall–Kier alpha value is -1.58. The average molecular weight is 269 g/mol. The van der Waals surface area contributed by atoms with E-state index in [9.17, 15) is 5.11 Å². The predicted octanol–water partition coefficient (Wildman–Crippen LogP) is 4.14. The fourth-order valence-corrected chi connectivity index (χ4v) is 1.67. The molecule has 88 valence electrons. The van der Waals surface area contributed by atoms with E-state index < -0.39 is 0 Å². The number of phenolic OH excluding ortho intramolecular Hbond substituents is 1. The second-order valence-electron chi connectivity index (χ2n) is 3.38. The molecule has 17 heavy (non-hydrogen) atoms. The zero-order chi connectivity index (χ0) is 12.3. The molecule has 0 aliphatic carbocycles. The number of hydrazine groups is 1. The largest absolute Gasteiger partial charge is 0.506 e. The van der Waals surface area contributed by atoms with Gasteiger partial charge in [0.15, 0.2) is 0 Å². The summed E-state index contributed by atoms with van der Waals surface area (Å²) in [7, 11) is 0. The van der Waals surface area contributed by atoms with Crippen LogP contribution in [0.2, 0.25) is 10.0 Å². The lowest BCUT2D eigenvalue weighted by Crippen LogP contribution is -2.08. The average Bonchev–Trinajstić information content (AvgIpc) is 2.36. The molecule has 3 nitrogen and oxygen atoms in total. The molecule has 0 unspecified atom stereocenters. The van der Waals surface area contributed by atoms with E-state index in [4.69, 9.17) is 23.2 Å². The maximum Gasteiger partial charge on any atom is 0.135 e. The zero-order valence-electron chi connectivity index (χ0n) is 8.74. The van der Waals surface area contributed by atoms with E-state index >= 15 is 0 Å². The van der Waals surface area contributed by atoms with Crippen LogP contribution in [0.4, 0.5) is 11.4 Å².